The van der Waals surface area contributed by atoms with Crippen molar-refractivity contribution in [1.82, 2.24) is 9.97 Å². The topological polar surface area (TPSA) is 112 Å². The van der Waals surface area contributed by atoms with Crippen LogP contribution in [0, 0.1) is 5.82 Å². The van der Waals surface area contributed by atoms with Gasteiger partial charge in [0.25, 0.3) is 11.9 Å². The van der Waals surface area contributed by atoms with Crippen molar-refractivity contribution in [2.75, 3.05) is 12.4 Å². The number of amidine groups is 1. The summed E-state index contributed by atoms with van der Waals surface area (Å²) in [6, 6.07) is 4.32. The number of pyridine rings is 2. The second-order valence-corrected chi connectivity index (χ2v) is 6.64. The van der Waals surface area contributed by atoms with Gasteiger partial charge in [0.05, 0.1) is 13.3 Å². The number of alkyl halides is 3. The van der Waals surface area contributed by atoms with Gasteiger partial charge < -0.3 is 20.5 Å². The number of halogens is 4. The molecule has 1 aliphatic rings. The van der Waals surface area contributed by atoms with E-state index in [1.165, 1.54) is 32.4 Å². The van der Waals surface area contributed by atoms with E-state index in [1.807, 2.05) is 0 Å². The molecular formula is C18H17F4N5O3. The number of aliphatic imine (C=N–C) groups is 1. The molecule has 3 rings (SSSR count). The molecule has 30 heavy (non-hydrogen) atoms. The fourth-order valence-corrected chi connectivity index (χ4v) is 2.90. The lowest BCUT2D eigenvalue weighted by molar-refractivity contribution is -0.208. The van der Waals surface area contributed by atoms with Crippen LogP contribution in [0.5, 0.6) is 5.75 Å². The number of amides is 1. The highest BCUT2D eigenvalue weighted by Gasteiger charge is 2.50. The number of nitrogens with two attached hydrogens (primary N) is 1. The summed E-state index contributed by atoms with van der Waals surface area (Å²) in [5, 5.41) is 2.42. The van der Waals surface area contributed by atoms with Crippen molar-refractivity contribution < 1.29 is 31.8 Å². The molecule has 2 aromatic rings. The first kappa shape index (κ1) is 21.3. The van der Waals surface area contributed by atoms with Crippen LogP contribution in [0.4, 0.5) is 23.4 Å². The summed E-state index contributed by atoms with van der Waals surface area (Å²) >= 11 is 0. The molecule has 0 aliphatic carbocycles. The number of rotatable bonds is 4. The van der Waals surface area contributed by atoms with Crippen molar-refractivity contribution in [3.8, 4) is 5.75 Å². The average molecular weight is 427 g/mol. The highest BCUT2D eigenvalue weighted by atomic mass is 19.4. The van der Waals surface area contributed by atoms with Crippen molar-refractivity contribution in [3.63, 3.8) is 0 Å². The Morgan fingerprint density at radius 3 is 2.67 bits per heavy atom. The van der Waals surface area contributed by atoms with Crippen LogP contribution in [0.1, 0.15) is 29.5 Å². The lowest BCUT2D eigenvalue weighted by atomic mass is 9.89. The number of aromatic nitrogens is 2. The van der Waals surface area contributed by atoms with Gasteiger partial charge in [0.15, 0.2) is 6.10 Å². The van der Waals surface area contributed by atoms with Crippen LogP contribution < -0.4 is 15.8 Å². The predicted octanol–water partition coefficient (Wildman–Crippen LogP) is 2.76. The molecule has 3 heterocycles. The fourth-order valence-electron chi connectivity index (χ4n) is 2.90. The molecular weight excluding hydrogens is 410 g/mol. The van der Waals surface area contributed by atoms with Gasteiger partial charge in [0.2, 0.25) is 0 Å². The Hall–Kier alpha value is -3.44. The Bertz CT molecular complexity index is 981. The van der Waals surface area contributed by atoms with Crippen LogP contribution in [0.3, 0.4) is 0 Å². The van der Waals surface area contributed by atoms with E-state index in [1.54, 1.807) is 0 Å². The second kappa shape index (κ2) is 7.76. The molecule has 160 valence electrons. The van der Waals surface area contributed by atoms with E-state index in [0.29, 0.717) is 5.75 Å². The minimum absolute atomic E-state index is 0.0279. The smallest absolute Gasteiger partial charge is 0.425 e. The summed E-state index contributed by atoms with van der Waals surface area (Å²) < 4.78 is 63.4. The van der Waals surface area contributed by atoms with E-state index in [-0.39, 0.29) is 11.5 Å². The normalized spacial score (nSPS) is 21.4. The second-order valence-electron chi connectivity index (χ2n) is 6.64. The van der Waals surface area contributed by atoms with Gasteiger partial charge in [-0.3, -0.25) is 4.79 Å². The van der Waals surface area contributed by atoms with Crippen LogP contribution in [-0.2, 0) is 10.3 Å². The third-order valence-electron chi connectivity index (χ3n) is 4.37. The molecule has 0 bridgehead atoms. The van der Waals surface area contributed by atoms with E-state index in [0.717, 1.165) is 12.1 Å². The first-order valence-corrected chi connectivity index (χ1v) is 8.59. The van der Waals surface area contributed by atoms with E-state index in [4.69, 9.17) is 10.5 Å². The van der Waals surface area contributed by atoms with Crippen molar-refractivity contribution in [2.45, 2.75) is 31.2 Å². The number of hydrogen-bond acceptors (Lipinski definition) is 7. The molecule has 0 spiro atoms. The van der Waals surface area contributed by atoms with E-state index in [9.17, 15) is 22.4 Å². The van der Waals surface area contributed by atoms with Crippen molar-refractivity contribution >= 4 is 17.7 Å². The third kappa shape index (κ3) is 4.42. The van der Waals surface area contributed by atoms with Gasteiger partial charge in [-0.05, 0) is 31.2 Å². The Kier molecular flexibility index (Phi) is 5.51. The number of anilines is 1. The Morgan fingerprint density at radius 1 is 1.33 bits per heavy atom. The standard InChI is InChI=1S/C18H17F4N5O3/c1-17(7-12(18(20,21)22)30-16(23)27-17)14-10(19)4-6-13(25-14)26-15(28)11-5-3-9(29-2)8-24-11/h3-6,8,12H,7H2,1-2H3,(H2,23,27)(H,25,26,28)/t12-,17-/m0/s1. The molecule has 0 fully saturated rings. The first-order valence-electron chi connectivity index (χ1n) is 8.59. The molecule has 0 saturated heterocycles. The van der Waals surface area contributed by atoms with Gasteiger partial charge in [-0.1, -0.05) is 0 Å². The molecule has 3 N–H and O–H groups in total. The molecule has 8 nitrogen and oxygen atoms in total. The molecule has 2 aromatic heterocycles. The average Bonchev–Trinajstić information content (AvgIpc) is 2.68. The maximum atomic E-state index is 14.5. The van der Waals surface area contributed by atoms with Crippen LogP contribution in [0.15, 0.2) is 35.5 Å². The van der Waals surface area contributed by atoms with Crippen molar-refractivity contribution in [2.24, 2.45) is 10.7 Å². The van der Waals surface area contributed by atoms with E-state index < -0.39 is 47.7 Å². The largest absolute Gasteiger partial charge is 0.495 e. The molecule has 0 saturated carbocycles. The number of methoxy groups -OCH3 is 1. The maximum absolute atomic E-state index is 14.5. The Balaban J connectivity index is 1.89. The third-order valence-corrected chi connectivity index (χ3v) is 4.37. The lowest BCUT2D eigenvalue weighted by Gasteiger charge is -2.35. The molecule has 1 amide bonds. The van der Waals surface area contributed by atoms with Gasteiger partial charge in [-0.15, -0.1) is 0 Å². The number of carbonyl (C=O) groups excluding carboxylic acids is 1. The number of nitrogens with one attached hydrogen (secondary N) is 1. The summed E-state index contributed by atoms with van der Waals surface area (Å²) in [5.41, 5.74) is 3.25. The summed E-state index contributed by atoms with van der Waals surface area (Å²) in [6.45, 7) is 1.25. The monoisotopic (exact) mass is 427 g/mol. The summed E-state index contributed by atoms with van der Waals surface area (Å²) in [6.07, 6.45) is -6.41. The molecule has 1 aliphatic heterocycles. The lowest BCUT2D eigenvalue weighted by Crippen LogP contribution is -2.46. The highest BCUT2D eigenvalue weighted by molar-refractivity contribution is 6.02. The van der Waals surface area contributed by atoms with E-state index in [2.05, 4.69) is 25.0 Å². The number of nitrogens with zero attached hydrogens (tertiary/aromatic N) is 3. The van der Waals surface area contributed by atoms with E-state index >= 15 is 0 Å². The minimum Gasteiger partial charge on any atom is -0.495 e. The maximum Gasteiger partial charge on any atom is 0.425 e. The predicted molar refractivity (Wildman–Crippen MR) is 97.5 cm³/mol. The van der Waals surface area contributed by atoms with Crippen molar-refractivity contribution in [1.29, 1.82) is 0 Å². The Morgan fingerprint density at radius 2 is 2.07 bits per heavy atom. The van der Waals surface area contributed by atoms with Crippen molar-refractivity contribution in [3.05, 3.63) is 47.7 Å². The number of ether oxygens (including phenoxy) is 2. The van der Waals surface area contributed by atoms with Gasteiger partial charge in [-0.2, -0.15) is 13.2 Å². The molecule has 0 radical (unpaired) electrons. The first-order chi connectivity index (χ1) is 14.0. The van der Waals surface area contributed by atoms with Crippen LogP contribution in [-0.4, -0.2) is 41.3 Å². The zero-order valence-electron chi connectivity index (χ0n) is 15.8. The van der Waals surface area contributed by atoms with Gasteiger partial charge >= 0.3 is 6.18 Å². The van der Waals surface area contributed by atoms with Crippen LogP contribution >= 0.6 is 0 Å². The zero-order valence-corrected chi connectivity index (χ0v) is 15.8. The minimum atomic E-state index is -4.73. The zero-order chi connectivity index (χ0) is 22.1. The highest BCUT2D eigenvalue weighted by Crippen LogP contribution is 2.40. The van der Waals surface area contributed by atoms with Gasteiger partial charge in [-0.25, -0.2) is 19.4 Å². The number of carbonyl (C=O) groups is 1. The van der Waals surface area contributed by atoms with Gasteiger partial charge in [0, 0.05) is 6.42 Å². The molecule has 0 aromatic carbocycles. The quantitative estimate of drug-likeness (QED) is 0.726. The summed E-state index contributed by atoms with van der Waals surface area (Å²) in [4.78, 5) is 24.1. The number of hydrogen-bond donors (Lipinski definition) is 2. The Labute approximate surface area is 168 Å². The molecule has 0 unspecified atom stereocenters. The molecule has 2 atom stereocenters. The van der Waals surface area contributed by atoms with Crippen LogP contribution in [0.25, 0.3) is 0 Å². The summed E-state index contributed by atoms with van der Waals surface area (Å²) in [7, 11) is 1.44. The van der Waals surface area contributed by atoms with Gasteiger partial charge in [0.1, 0.15) is 34.3 Å². The van der Waals surface area contributed by atoms with Crippen LogP contribution in [0.2, 0.25) is 0 Å². The SMILES string of the molecule is COc1ccc(C(=O)Nc2ccc(F)c([C@]3(C)C[C@@H](C(F)(F)F)OC(N)=N3)n2)nc1. The summed E-state index contributed by atoms with van der Waals surface area (Å²) in [5.74, 6) is -1.22. The fraction of sp³-hybridized carbons (Fsp3) is 0.333. The molecule has 12 heteroatoms.